The highest BCUT2D eigenvalue weighted by Gasteiger charge is 2.04. The summed E-state index contributed by atoms with van der Waals surface area (Å²) in [6, 6.07) is 8.83. The largest absolute Gasteiger partial charge is 0.359 e. The maximum atomic E-state index is 11.0. The molecule has 94 valence electrons. The van der Waals surface area contributed by atoms with Gasteiger partial charge in [0.1, 0.15) is 0 Å². The minimum absolute atomic E-state index is 0.106. The molecule has 1 aromatic carbocycles. The zero-order valence-corrected chi connectivity index (χ0v) is 10.9. The van der Waals surface area contributed by atoms with Crippen molar-refractivity contribution >= 4 is 5.91 Å². The van der Waals surface area contributed by atoms with Crippen molar-refractivity contribution in [2.24, 2.45) is 0 Å². The van der Waals surface area contributed by atoms with E-state index in [1.54, 1.807) is 7.05 Å². The average molecular weight is 234 g/mol. The molecule has 0 aliphatic carbocycles. The monoisotopic (exact) mass is 234 g/mol. The van der Waals surface area contributed by atoms with Gasteiger partial charge in [-0.2, -0.15) is 0 Å². The van der Waals surface area contributed by atoms with Crippen molar-refractivity contribution in [1.29, 1.82) is 0 Å². The van der Waals surface area contributed by atoms with Gasteiger partial charge in [-0.1, -0.05) is 29.8 Å². The molecule has 0 aliphatic heterocycles. The first-order valence-corrected chi connectivity index (χ1v) is 6.14. The molecule has 1 amide bonds. The van der Waals surface area contributed by atoms with E-state index in [1.807, 2.05) is 0 Å². The van der Waals surface area contributed by atoms with Crippen LogP contribution < -0.4 is 10.6 Å². The third kappa shape index (κ3) is 5.00. The van der Waals surface area contributed by atoms with Crippen molar-refractivity contribution in [3.8, 4) is 0 Å². The van der Waals surface area contributed by atoms with Gasteiger partial charge in [0.25, 0.3) is 0 Å². The number of amides is 1. The van der Waals surface area contributed by atoms with Gasteiger partial charge in [0.05, 0.1) is 0 Å². The standard InChI is InChI=1S/C14H22N2O/c1-11-6-4-7-13(10-11)12(2)16-9-5-8-14(17)15-3/h4,6-7,10,12,16H,5,8-9H2,1-3H3,(H,15,17)/t12-/m0/s1. The Hall–Kier alpha value is -1.35. The number of carbonyl (C=O) groups is 1. The van der Waals surface area contributed by atoms with Crippen molar-refractivity contribution in [2.45, 2.75) is 32.7 Å². The van der Waals surface area contributed by atoms with Crippen LogP contribution in [0.3, 0.4) is 0 Å². The Labute approximate surface area is 104 Å². The van der Waals surface area contributed by atoms with E-state index in [9.17, 15) is 4.79 Å². The highest BCUT2D eigenvalue weighted by atomic mass is 16.1. The molecule has 2 N–H and O–H groups in total. The SMILES string of the molecule is CNC(=O)CCCN[C@@H](C)c1cccc(C)c1. The Morgan fingerprint density at radius 1 is 1.41 bits per heavy atom. The lowest BCUT2D eigenvalue weighted by molar-refractivity contribution is -0.120. The van der Waals surface area contributed by atoms with Gasteiger partial charge in [0, 0.05) is 19.5 Å². The summed E-state index contributed by atoms with van der Waals surface area (Å²) < 4.78 is 0. The summed E-state index contributed by atoms with van der Waals surface area (Å²) >= 11 is 0. The molecule has 0 fully saturated rings. The van der Waals surface area contributed by atoms with Crippen LogP contribution in [-0.2, 0) is 4.79 Å². The Morgan fingerprint density at radius 3 is 2.82 bits per heavy atom. The second-order valence-electron chi connectivity index (χ2n) is 4.37. The molecule has 0 bridgehead atoms. The van der Waals surface area contributed by atoms with E-state index in [0.29, 0.717) is 12.5 Å². The van der Waals surface area contributed by atoms with Crippen LogP contribution >= 0.6 is 0 Å². The number of aryl methyl sites for hydroxylation is 1. The van der Waals surface area contributed by atoms with Crippen LogP contribution in [0.5, 0.6) is 0 Å². The van der Waals surface area contributed by atoms with Gasteiger partial charge >= 0.3 is 0 Å². The van der Waals surface area contributed by atoms with Crippen LogP contribution in [0, 0.1) is 6.92 Å². The van der Waals surface area contributed by atoms with Crippen LogP contribution in [0.25, 0.3) is 0 Å². The third-order valence-electron chi connectivity index (χ3n) is 2.85. The molecular formula is C14H22N2O. The fourth-order valence-corrected chi connectivity index (χ4v) is 1.75. The molecule has 3 nitrogen and oxygen atoms in total. The smallest absolute Gasteiger partial charge is 0.219 e. The van der Waals surface area contributed by atoms with Gasteiger partial charge in [-0.25, -0.2) is 0 Å². The van der Waals surface area contributed by atoms with Gasteiger partial charge in [-0.15, -0.1) is 0 Å². The molecule has 1 rings (SSSR count). The summed E-state index contributed by atoms with van der Waals surface area (Å²) in [5, 5.41) is 6.05. The summed E-state index contributed by atoms with van der Waals surface area (Å²) in [4.78, 5) is 11.0. The predicted octanol–water partition coefficient (Wildman–Crippen LogP) is 2.17. The van der Waals surface area contributed by atoms with E-state index in [2.05, 4.69) is 48.7 Å². The molecule has 0 aromatic heterocycles. The quantitative estimate of drug-likeness (QED) is 0.741. The van der Waals surface area contributed by atoms with Crippen LogP contribution in [-0.4, -0.2) is 19.5 Å². The Bertz CT molecular complexity index is 363. The number of benzene rings is 1. The molecule has 17 heavy (non-hydrogen) atoms. The van der Waals surface area contributed by atoms with Crippen molar-refractivity contribution in [2.75, 3.05) is 13.6 Å². The van der Waals surface area contributed by atoms with E-state index in [4.69, 9.17) is 0 Å². The summed E-state index contributed by atoms with van der Waals surface area (Å²) in [6.07, 6.45) is 1.46. The van der Waals surface area contributed by atoms with E-state index < -0.39 is 0 Å². The Kier molecular flexibility index (Phi) is 5.70. The topological polar surface area (TPSA) is 41.1 Å². The van der Waals surface area contributed by atoms with Crippen LogP contribution in [0.15, 0.2) is 24.3 Å². The van der Waals surface area contributed by atoms with Gasteiger partial charge in [0.2, 0.25) is 5.91 Å². The summed E-state index contributed by atoms with van der Waals surface area (Å²) in [5.41, 5.74) is 2.58. The molecule has 0 saturated heterocycles. The molecule has 0 unspecified atom stereocenters. The van der Waals surface area contributed by atoms with Crippen molar-refractivity contribution in [1.82, 2.24) is 10.6 Å². The molecule has 3 heteroatoms. The van der Waals surface area contributed by atoms with Crippen molar-refractivity contribution in [3.05, 3.63) is 35.4 Å². The van der Waals surface area contributed by atoms with E-state index in [-0.39, 0.29) is 5.91 Å². The fraction of sp³-hybridized carbons (Fsp3) is 0.500. The summed E-state index contributed by atoms with van der Waals surface area (Å²) in [6.45, 7) is 5.11. The molecule has 0 spiro atoms. The molecular weight excluding hydrogens is 212 g/mol. The first kappa shape index (κ1) is 13.7. The summed E-state index contributed by atoms with van der Waals surface area (Å²) in [5.74, 6) is 0.106. The lowest BCUT2D eigenvalue weighted by Crippen LogP contribution is -2.23. The zero-order valence-electron chi connectivity index (χ0n) is 10.9. The zero-order chi connectivity index (χ0) is 12.7. The lowest BCUT2D eigenvalue weighted by atomic mass is 10.1. The lowest BCUT2D eigenvalue weighted by Gasteiger charge is -2.14. The van der Waals surface area contributed by atoms with E-state index in [1.165, 1.54) is 11.1 Å². The molecule has 1 aromatic rings. The normalized spacial score (nSPS) is 12.2. The fourth-order valence-electron chi connectivity index (χ4n) is 1.75. The van der Waals surface area contributed by atoms with Gasteiger partial charge < -0.3 is 10.6 Å². The number of nitrogens with one attached hydrogen (secondary N) is 2. The molecule has 0 saturated carbocycles. The van der Waals surface area contributed by atoms with Crippen molar-refractivity contribution in [3.63, 3.8) is 0 Å². The first-order valence-electron chi connectivity index (χ1n) is 6.14. The maximum Gasteiger partial charge on any atom is 0.219 e. The van der Waals surface area contributed by atoms with Crippen LogP contribution in [0.1, 0.15) is 36.9 Å². The van der Waals surface area contributed by atoms with E-state index in [0.717, 1.165) is 13.0 Å². The number of rotatable bonds is 6. The molecule has 0 heterocycles. The number of hydrogen-bond acceptors (Lipinski definition) is 2. The highest BCUT2D eigenvalue weighted by Crippen LogP contribution is 2.13. The van der Waals surface area contributed by atoms with Gasteiger partial charge in [-0.05, 0) is 32.4 Å². The van der Waals surface area contributed by atoms with Crippen LogP contribution in [0.4, 0.5) is 0 Å². The van der Waals surface area contributed by atoms with Crippen molar-refractivity contribution < 1.29 is 4.79 Å². The average Bonchev–Trinajstić information content (AvgIpc) is 2.34. The predicted molar refractivity (Wildman–Crippen MR) is 70.9 cm³/mol. The second-order valence-corrected chi connectivity index (χ2v) is 4.37. The van der Waals surface area contributed by atoms with E-state index >= 15 is 0 Å². The number of carbonyl (C=O) groups excluding carboxylic acids is 1. The van der Waals surface area contributed by atoms with Gasteiger partial charge in [0.15, 0.2) is 0 Å². The third-order valence-corrected chi connectivity index (χ3v) is 2.85. The minimum Gasteiger partial charge on any atom is -0.359 e. The molecule has 1 atom stereocenters. The van der Waals surface area contributed by atoms with Gasteiger partial charge in [-0.3, -0.25) is 4.79 Å². The highest BCUT2D eigenvalue weighted by molar-refractivity contribution is 5.75. The minimum atomic E-state index is 0.106. The second kappa shape index (κ2) is 7.07. The maximum absolute atomic E-state index is 11.0. The summed E-state index contributed by atoms with van der Waals surface area (Å²) in [7, 11) is 1.67. The molecule has 0 aliphatic rings. The Balaban J connectivity index is 2.30. The van der Waals surface area contributed by atoms with Crippen LogP contribution in [0.2, 0.25) is 0 Å². The number of hydrogen-bond donors (Lipinski definition) is 2. The first-order chi connectivity index (χ1) is 8.13. The Morgan fingerprint density at radius 2 is 2.18 bits per heavy atom. The molecule has 0 radical (unpaired) electrons.